The van der Waals surface area contributed by atoms with Gasteiger partial charge in [0.2, 0.25) is 0 Å². The molecule has 1 aromatic rings. The van der Waals surface area contributed by atoms with Crippen LogP contribution >= 0.6 is 0 Å². The molecule has 0 aliphatic heterocycles. The Morgan fingerprint density at radius 3 is 2.41 bits per heavy atom. The third kappa shape index (κ3) is 5.44. The van der Waals surface area contributed by atoms with Crippen LogP contribution in [-0.2, 0) is 24.0 Å². The molecule has 0 aliphatic rings. The molecule has 2 N–H and O–H groups in total. The number of rotatable bonds is 7. The van der Waals surface area contributed by atoms with Gasteiger partial charge >= 0.3 is 0 Å². The van der Waals surface area contributed by atoms with Crippen molar-refractivity contribution in [2.45, 2.75) is 31.7 Å². The topological polar surface area (TPSA) is 49.3 Å². The Morgan fingerprint density at radius 1 is 1.29 bits per heavy atom. The van der Waals surface area contributed by atoms with E-state index in [-0.39, 0.29) is 11.9 Å². The van der Waals surface area contributed by atoms with Gasteiger partial charge in [0.1, 0.15) is 0 Å². The summed E-state index contributed by atoms with van der Waals surface area (Å²) in [6, 6.07) is 7.89. The molecule has 0 aliphatic carbocycles. The lowest BCUT2D eigenvalue weighted by Gasteiger charge is -2.09. The second-order valence-corrected chi connectivity index (χ2v) is 6.05. The molecule has 0 bridgehead atoms. The highest BCUT2D eigenvalue weighted by Gasteiger charge is 2.04. The minimum atomic E-state index is -0.730. The molecule has 3 nitrogen and oxygen atoms in total. The van der Waals surface area contributed by atoms with Crippen molar-refractivity contribution in [3.8, 4) is 0 Å². The minimum absolute atomic E-state index is 0.0908. The van der Waals surface area contributed by atoms with Crippen molar-refractivity contribution >= 4 is 10.8 Å². The Bertz CT molecular complexity index is 351. The summed E-state index contributed by atoms with van der Waals surface area (Å²) in [5.41, 5.74) is 2.14. The third-order valence-electron chi connectivity index (χ3n) is 2.83. The van der Waals surface area contributed by atoms with Crippen molar-refractivity contribution in [1.82, 2.24) is 5.32 Å². The molecule has 2 unspecified atom stereocenters. The fraction of sp³-hybridized carbons (Fsp3) is 0.538. The van der Waals surface area contributed by atoms with Crippen LogP contribution in [0.15, 0.2) is 24.3 Å². The number of benzene rings is 1. The van der Waals surface area contributed by atoms with E-state index >= 15 is 0 Å². The molecule has 2 atom stereocenters. The Balaban J connectivity index is 2.24. The monoisotopic (exact) mass is 255 g/mol. The molecular weight excluding hydrogens is 234 g/mol. The minimum Gasteiger partial charge on any atom is -0.392 e. The number of hydrogen-bond acceptors (Lipinski definition) is 3. The van der Waals surface area contributed by atoms with Gasteiger partial charge in [0.25, 0.3) is 0 Å². The normalized spacial score (nSPS) is 14.5. The molecule has 4 heteroatoms. The molecule has 0 saturated heterocycles. The zero-order valence-electron chi connectivity index (χ0n) is 10.5. The van der Waals surface area contributed by atoms with E-state index < -0.39 is 10.8 Å². The van der Waals surface area contributed by atoms with Crippen molar-refractivity contribution in [3.63, 3.8) is 0 Å². The summed E-state index contributed by atoms with van der Waals surface area (Å²) in [7, 11) is -0.730. The van der Waals surface area contributed by atoms with Gasteiger partial charge < -0.3 is 10.4 Å². The second-order valence-electron chi connectivity index (χ2n) is 4.25. The van der Waals surface area contributed by atoms with Crippen LogP contribution in [0, 0.1) is 0 Å². The van der Waals surface area contributed by atoms with Gasteiger partial charge in [-0.3, -0.25) is 4.21 Å². The van der Waals surface area contributed by atoms with Gasteiger partial charge in [0.05, 0.1) is 6.61 Å². The molecule has 0 spiro atoms. The Labute approximate surface area is 106 Å². The lowest BCUT2D eigenvalue weighted by Crippen LogP contribution is -2.20. The van der Waals surface area contributed by atoms with Crippen molar-refractivity contribution in [3.05, 3.63) is 35.4 Å². The van der Waals surface area contributed by atoms with E-state index in [1.165, 1.54) is 5.56 Å². The van der Waals surface area contributed by atoms with Crippen LogP contribution in [0.3, 0.4) is 0 Å². The van der Waals surface area contributed by atoms with E-state index in [9.17, 15) is 4.21 Å². The highest BCUT2D eigenvalue weighted by molar-refractivity contribution is 7.84. The fourth-order valence-corrected chi connectivity index (χ4v) is 1.92. The Morgan fingerprint density at radius 2 is 1.88 bits per heavy atom. The number of nitrogens with one attached hydrogen (secondary N) is 1. The molecule has 0 amide bonds. The molecule has 96 valence electrons. The maximum Gasteiger partial charge on any atom is 0.0681 e. The maximum atomic E-state index is 11.1. The highest BCUT2D eigenvalue weighted by atomic mass is 32.2. The first-order chi connectivity index (χ1) is 8.13. The predicted octanol–water partition coefficient (Wildman–Crippen LogP) is 1.43. The smallest absolute Gasteiger partial charge is 0.0681 e. The summed E-state index contributed by atoms with van der Waals surface area (Å²) in [4.78, 5) is 0. The molecule has 0 aromatic heterocycles. The van der Waals surface area contributed by atoms with Crippen molar-refractivity contribution in [1.29, 1.82) is 0 Å². The molecule has 0 saturated carbocycles. The van der Waals surface area contributed by atoms with Gasteiger partial charge in [-0.05, 0) is 24.1 Å². The van der Waals surface area contributed by atoms with Crippen LogP contribution in [0.5, 0.6) is 0 Å². The van der Waals surface area contributed by atoms with Gasteiger partial charge in [-0.2, -0.15) is 0 Å². The lowest BCUT2D eigenvalue weighted by molar-refractivity contribution is 0.282. The van der Waals surface area contributed by atoms with E-state index in [4.69, 9.17) is 5.11 Å². The standard InChI is InChI=1S/C13H21NO2S/c1-11(17(2)16)7-8-14-9-12-3-5-13(10-15)6-4-12/h3-6,11,14-15H,7-10H2,1-2H3. The number of aliphatic hydroxyl groups excluding tert-OH is 1. The molecule has 1 rings (SSSR count). The largest absolute Gasteiger partial charge is 0.392 e. The van der Waals surface area contributed by atoms with Crippen molar-refractivity contribution in [2.75, 3.05) is 12.8 Å². The predicted molar refractivity (Wildman–Crippen MR) is 72.2 cm³/mol. The first kappa shape index (κ1) is 14.4. The van der Waals surface area contributed by atoms with Gasteiger partial charge in [0, 0.05) is 28.9 Å². The van der Waals surface area contributed by atoms with Crippen LogP contribution in [0.2, 0.25) is 0 Å². The summed E-state index contributed by atoms with van der Waals surface area (Å²) < 4.78 is 11.1. The van der Waals surface area contributed by atoms with Crippen LogP contribution in [-0.4, -0.2) is 27.4 Å². The van der Waals surface area contributed by atoms with Gasteiger partial charge in [-0.1, -0.05) is 31.2 Å². The first-order valence-corrected chi connectivity index (χ1v) is 7.47. The Hall–Kier alpha value is -0.710. The van der Waals surface area contributed by atoms with Crippen molar-refractivity contribution < 1.29 is 9.32 Å². The second kappa shape index (κ2) is 7.58. The van der Waals surface area contributed by atoms with Crippen LogP contribution in [0.1, 0.15) is 24.5 Å². The first-order valence-electron chi connectivity index (χ1n) is 5.85. The SMILES string of the molecule is CC(CCNCc1ccc(CO)cc1)S(C)=O. The van der Waals surface area contributed by atoms with E-state index in [1.54, 1.807) is 6.26 Å². The molecule has 1 aromatic carbocycles. The molecule has 0 fully saturated rings. The van der Waals surface area contributed by atoms with Crippen molar-refractivity contribution in [2.24, 2.45) is 0 Å². The fourth-order valence-electron chi connectivity index (χ4n) is 1.47. The molecular formula is C13H21NO2S. The average Bonchev–Trinajstić information content (AvgIpc) is 2.35. The van der Waals surface area contributed by atoms with Gasteiger partial charge in [-0.15, -0.1) is 0 Å². The molecule has 0 radical (unpaired) electrons. The van der Waals surface area contributed by atoms with E-state index in [1.807, 2.05) is 31.2 Å². The molecule has 0 heterocycles. The van der Waals surface area contributed by atoms with Crippen LogP contribution in [0.4, 0.5) is 0 Å². The zero-order chi connectivity index (χ0) is 12.7. The summed E-state index contributed by atoms with van der Waals surface area (Å²) in [6.07, 6.45) is 2.68. The molecule has 17 heavy (non-hydrogen) atoms. The zero-order valence-corrected chi connectivity index (χ0v) is 11.3. The van der Waals surface area contributed by atoms with E-state index in [2.05, 4.69) is 5.32 Å². The Kier molecular flexibility index (Phi) is 6.40. The van der Waals surface area contributed by atoms with Gasteiger partial charge in [0.15, 0.2) is 0 Å². The number of aliphatic hydroxyl groups is 1. The summed E-state index contributed by atoms with van der Waals surface area (Å²) in [6.45, 7) is 3.79. The summed E-state index contributed by atoms with van der Waals surface area (Å²) in [5, 5.41) is 12.5. The van der Waals surface area contributed by atoms with E-state index in [0.29, 0.717) is 0 Å². The average molecular weight is 255 g/mol. The van der Waals surface area contributed by atoms with E-state index in [0.717, 1.165) is 25.1 Å². The quantitative estimate of drug-likeness (QED) is 0.725. The number of hydrogen-bond donors (Lipinski definition) is 2. The maximum absolute atomic E-state index is 11.1. The summed E-state index contributed by atoms with van der Waals surface area (Å²) in [5.74, 6) is 0. The third-order valence-corrected chi connectivity index (χ3v) is 4.20. The lowest BCUT2D eigenvalue weighted by atomic mass is 10.1. The van der Waals surface area contributed by atoms with Gasteiger partial charge in [-0.25, -0.2) is 0 Å². The van der Waals surface area contributed by atoms with Crippen LogP contribution in [0.25, 0.3) is 0 Å². The summed E-state index contributed by atoms with van der Waals surface area (Å²) >= 11 is 0. The van der Waals surface area contributed by atoms with Crippen LogP contribution < -0.4 is 5.32 Å². The highest BCUT2D eigenvalue weighted by Crippen LogP contribution is 2.04.